The normalized spacial score (nSPS) is 18.9. The third-order valence-corrected chi connectivity index (χ3v) is 4.16. The Kier molecular flexibility index (Phi) is 6.24. The lowest BCUT2D eigenvalue weighted by molar-refractivity contribution is -0.150. The summed E-state index contributed by atoms with van der Waals surface area (Å²) in [5.41, 5.74) is 2.33. The van der Waals surface area contributed by atoms with Gasteiger partial charge >= 0.3 is 5.97 Å². The first-order chi connectivity index (χ1) is 10.2. The van der Waals surface area contributed by atoms with E-state index in [2.05, 4.69) is 18.3 Å². The minimum Gasteiger partial charge on any atom is -0.462 e. The van der Waals surface area contributed by atoms with Crippen molar-refractivity contribution in [3.8, 4) is 0 Å². The van der Waals surface area contributed by atoms with E-state index >= 15 is 0 Å². The fraction of sp³-hybridized carbons (Fsp3) is 0.611. The van der Waals surface area contributed by atoms with Gasteiger partial charge in [-0.2, -0.15) is 0 Å². The van der Waals surface area contributed by atoms with Gasteiger partial charge in [-0.15, -0.1) is 0 Å². The molecule has 3 heteroatoms. The molecule has 0 bridgehead atoms. The van der Waals surface area contributed by atoms with Crippen molar-refractivity contribution in [2.45, 2.75) is 64.5 Å². The zero-order valence-electron chi connectivity index (χ0n) is 13.2. The van der Waals surface area contributed by atoms with E-state index in [-0.39, 0.29) is 18.0 Å². The van der Waals surface area contributed by atoms with E-state index in [1.165, 1.54) is 24.8 Å². The lowest BCUT2D eigenvalue weighted by Crippen LogP contribution is -2.34. The standard InChI is InChI=1S/C18H27NO2/c1-3-4-5-6-9-14(2)21-18(20)17-13-19-12-15-10-7-8-11-16(15)17/h7-8,10-11,14,17,19H,3-6,9,12-13H2,1-2H3. The molecule has 1 aliphatic heterocycles. The molecule has 21 heavy (non-hydrogen) atoms. The van der Waals surface area contributed by atoms with E-state index in [0.29, 0.717) is 6.54 Å². The highest BCUT2D eigenvalue weighted by atomic mass is 16.5. The van der Waals surface area contributed by atoms with Crippen LogP contribution in [0.1, 0.15) is 63.0 Å². The number of nitrogens with one attached hydrogen (secondary N) is 1. The maximum absolute atomic E-state index is 12.4. The van der Waals surface area contributed by atoms with Gasteiger partial charge in [0.05, 0.1) is 12.0 Å². The zero-order valence-corrected chi connectivity index (χ0v) is 13.2. The molecule has 1 heterocycles. The number of carbonyl (C=O) groups is 1. The number of rotatable bonds is 7. The molecule has 0 radical (unpaired) electrons. The van der Waals surface area contributed by atoms with Gasteiger partial charge in [-0.1, -0.05) is 50.5 Å². The average molecular weight is 289 g/mol. The molecule has 2 rings (SSSR count). The molecule has 1 aliphatic rings. The van der Waals surface area contributed by atoms with Crippen LogP contribution in [0, 0.1) is 0 Å². The molecule has 0 amide bonds. The van der Waals surface area contributed by atoms with Crippen LogP contribution in [0.2, 0.25) is 0 Å². The molecule has 1 N–H and O–H groups in total. The summed E-state index contributed by atoms with van der Waals surface area (Å²) in [6.07, 6.45) is 5.85. The molecular formula is C18H27NO2. The number of benzene rings is 1. The van der Waals surface area contributed by atoms with Gasteiger partial charge in [0.2, 0.25) is 0 Å². The number of hydrogen-bond donors (Lipinski definition) is 1. The largest absolute Gasteiger partial charge is 0.462 e. The van der Waals surface area contributed by atoms with Gasteiger partial charge in [0.15, 0.2) is 0 Å². The Morgan fingerprint density at radius 1 is 1.33 bits per heavy atom. The summed E-state index contributed by atoms with van der Waals surface area (Å²) < 4.78 is 5.65. The van der Waals surface area contributed by atoms with Crippen LogP contribution in [0.15, 0.2) is 24.3 Å². The van der Waals surface area contributed by atoms with Gasteiger partial charge in [-0.05, 0) is 30.9 Å². The summed E-state index contributed by atoms with van der Waals surface area (Å²) in [5.74, 6) is -0.245. The summed E-state index contributed by atoms with van der Waals surface area (Å²) >= 11 is 0. The Labute approximate surface area is 128 Å². The molecule has 3 nitrogen and oxygen atoms in total. The van der Waals surface area contributed by atoms with Gasteiger partial charge in [0, 0.05) is 13.1 Å². The molecule has 2 unspecified atom stereocenters. The van der Waals surface area contributed by atoms with Crippen LogP contribution >= 0.6 is 0 Å². The Hall–Kier alpha value is -1.35. The third kappa shape index (κ3) is 4.57. The quantitative estimate of drug-likeness (QED) is 0.613. The van der Waals surface area contributed by atoms with Crippen LogP contribution < -0.4 is 5.32 Å². The molecule has 0 aliphatic carbocycles. The number of unbranched alkanes of at least 4 members (excludes halogenated alkanes) is 3. The number of esters is 1. The van der Waals surface area contributed by atoms with Crippen LogP contribution in [0.5, 0.6) is 0 Å². The van der Waals surface area contributed by atoms with Crippen LogP contribution in [0.4, 0.5) is 0 Å². The molecule has 0 saturated heterocycles. The fourth-order valence-corrected chi connectivity index (χ4v) is 2.90. The van der Waals surface area contributed by atoms with E-state index in [4.69, 9.17) is 4.74 Å². The van der Waals surface area contributed by atoms with Crippen LogP contribution in [0.25, 0.3) is 0 Å². The zero-order chi connectivity index (χ0) is 15.1. The second-order valence-electron chi connectivity index (χ2n) is 5.98. The van der Waals surface area contributed by atoms with Gasteiger partial charge in [0.1, 0.15) is 0 Å². The summed E-state index contributed by atoms with van der Waals surface area (Å²) in [5, 5.41) is 3.30. The smallest absolute Gasteiger partial charge is 0.314 e. The van der Waals surface area contributed by atoms with Crippen molar-refractivity contribution >= 4 is 5.97 Å². The van der Waals surface area contributed by atoms with E-state index in [0.717, 1.165) is 24.9 Å². The third-order valence-electron chi connectivity index (χ3n) is 4.16. The average Bonchev–Trinajstić information content (AvgIpc) is 2.51. The van der Waals surface area contributed by atoms with Gasteiger partial charge in [-0.3, -0.25) is 4.79 Å². The number of hydrogen-bond acceptors (Lipinski definition) is 3. The summed E-state index contributed by atoms with van der Waals surface area (Å²) in [4.78, 5) is 12.4. The van der Waals surface area contributed by atoms with Gasteiger partial charge in [-0.25, -0.2) is 0 Å². The highest BCUT2D eigenvalue weighted by Crippen LogP contribution is 2.25. The highest BCUT2D eigenvalue weighted by Gasteiger charge is 2.28. The lowest BCUT2D eigenvalue weighted by Gasteiger charge is -2.26. The molecule has 2 atom stereocenters. The van der Waals surface area contributed by atoms with Crippen molar-refractivity contribution in [2.24, 2.45) is 0 Å². The van der Waals surface area contributed by atoms with Crippen molar-refractivity contribution in [2.75, 3.05) is 6.54 Å². The maximum Gasteiger partial charge on any atom is 0.314 e. The first kappa shape index (κ1) is 16.0. The van der Waals surface area contributed by atoms with Crippen LogP contribution in [-0.2, 0) is 16.1 Å². The van der Waals surface area contributed by atoms with Crippen LogP contribution in [0.3, 0.4) is 0 Å². The highest BCUT2D eigenvalue weighted by molar-refractivity contribution is 5.79. The van der Waals surface area contributed by atoms with E-state index in [9.17, 15) is 4.79 Å². The predicted octanol–water partition coefficient (Wildman–Crippen LogP) is 3.78. The Morgan fingerprint density at radius 2 is 2.14 bits per heavy atom. The van der Waals surface area contributed by atoms with E-state index < -0.39 is 0 Å². The van der Waals surface area contributed by atoms with Crippen molar-refractivity contribution in [3.63, 3.8) is 0 Å². The summed E-state index contributed by atoms with van der Waals surface area (Å²) in [7, 11) is 0. The topological polar surface area (TPSA) is 38.3 Å². The molecule has 0 fully saturated rings. The second-order valence-corrected chi connectivity index (χ2v) is 5.98. The number of carbonyl (C=O) groups excluding carboxylic acids is 1. The Balaban J connectivity index is 1.86. The maximum atomic E-state index is 12.4. The van der Waals surface area contributed by atoms with E-state index in [1.807, 2.05) is 25.1 Å². The second kappa shape index (κ2) is 8.18. The predicted molar refractivity (Wildman–Crippen MR) is 85.2 cm³/mol. The molecule has 116 valence electrons. The van der Waals surface area contributed by atoms with Gasteiger partial charge in [0.25, 0.3) is 0 Å². The minimum absolute atomic E-state index is 0.0171. The minimum atomic E-state index is -0.159. The number of fused-ring (bicyclic) bond motifs is 1. The van der Waals surface area contributed by atoms with Crippen molar-refractivity contribution in [1.29, 1.82) is 0 Å². The van der Waals surface area contributed by atoms with Crippen molar-refractivity contribution < 1.29 is 9.53 Å². The first-order valence-corrected chi connectivity index (χ1v) is 8.21. The van der Waals surface area contributed by atoms with Gasteiger partial charge < -0.3 is 10.1 Å². The van der Waals surface area contributed by atoms with Crippen molar-refractivity contribution in [3.05, 3.63) is 35.4 Å². The van der Waals surface area contributed by atoms with E-state index in [1.54, 1.807) is 0 Å². The lowest BCUT2D eigenvalue weighted by atomic mass is 9.91. The molecular weight excluding hydrogens is 262 g/mol. The molecule has 0 spiro atoms. The summed E-state index contributed by atoms with van der Waals surface area (Å²) in [6.45, 7) is 5.73. The van der Waals surface area contributed by atoms with Crippen LogP contribution in [-0.4, -0.2) is 18.6 Å². The Morgan fingerprint density at radius 3 is 2.95 bits per heavy atom. The summed E-state index contributed by atoms with van der Waals surface area (Å²) in [6, 6.07) is 8.15. The SMILES string of the molecule is CCCCCCC(C)OC(=O)C1CNCc2ccccc21. The monoisotopic (exact) mass is 289 g/mol. The van der Waals surface area contributed by atoms with Crippen molar-refractivity contribution in [1.82, 2.24) is 5.32 Å². The fourth-order valence-electron chi connectivity index (χ4n) is 2.90. The Bertz CT molecular complexity index is 458. The molecule has 1 aromatic rings. The molecule has 1 aromatic carbocycles. The number of ether oxygens (including phenoxy) is 1. The molecule has 0 saturated carbocycles. The molecule has 0 aromatic heterocycles. The first-order valence-electron chi connectivity index (χ1n) is 8.21.